The molecule has 1 aliphatic rings. The van der Waals surface area contributed by atoms with Gasteiger partial charge in [0.15, 0.2) is 0 Å². The zero-order chi connectivity index (χ0) is 9.80. The number of ether oxygens (including phenoxy) is 2. The molecule has 1 saturated heterocycles. The molecular formula is C10H11NO3. The Bertz CT molecular complexity index is 323. The van der Waals surface area contributed by atoms with E-state index in [1.165, 1.54) is 0 Å². The van der Waals surface area contributed by atoms with Crippen LogP contribution in [0, 0.1) is 0 Å². The van der Waals surface area contributed by atoms with Crippen LogP contribution < -0.4 is 10.1 Å². The zero-order valence-corrected chi connectivity index (χ0v) is 7.60. The van der Waals surface area contributed by atoms with E-state index in [0.29, 0.717) is 31.1 Å². The summed E-state index contributed by atoms with van der Waals surface area (Å²) in [6.45, 7) is 1.24. The van der Waals surface area contributed by atoms with Gasteiger partial charge in [0.05, 0.1) is 18.9 Å². The Balaban J connectivity index is 2.09. The molecule has 0 aromatic heterocycles. The zero-order valence-electron chi connectivity index (χ0n) is 7.60. The summed E-state index contributed by atoms with van der Waals surface area (Å²) in [5.41, 5.74) is 0.689. The average molecular weight is 193 g/mol. The maximum Gasteiger partial charge on any atom is 0.211 e. The van der Waals surface area contributed by atoms with E-state index < -0.39 is 0 Å². The molecule has 1 heterocycles. The standard InChI is InChI=1S/C10H11NO3/c12-7-11-9-3-1-2-4-10(9)14-8-5-13-6-8/h1-4,7-8H,5-6H2,(H,11,12). The number of benzene rings is 1. The van der Waals surface area contributed by atoms with Crippen LogP contribution >= 0.6 is 0 Å². The summed E-state index contributed by atoms with van der Waals surface area (Å²) < 4.78 is 10.6. The van der Waals surface area contributed by atoms with Gasteiger partial charge in [-0.25, -0.2) is 0 Å². The van der Waals surface area contributed by atoms with Crippen molar-refractivity contribution in [2.75, 3.05) is 18.5 Å². The number of anilines is 1. The van der Waals surface area contributed by atoms with Crippen LogP contribution in [0.1, 0.15) is 0 Å². The molecule has 2 rings (SSSR count). The first-order chi connectivity index (χ1) is 6.90. The van der Waals surface area contributed by atoms with Gasteiger partial charge in [-0.2, -0.15) is 0 Å². The highest BCUT2D eigenvalue weighted by Gasteiger charge is 2.20. The van der Waals surface area contributed by atoms with Crippen molar-refractivity contribution in [3.05, 3.63) is 24.3 Å². The number of para-hydroxylation sites is 2. The van der Waals surface area contributed by atoms with Crippen LogP contribution in [0.3, 0.4) is 0 Å². The number of hydrogen-bond donors (Lipinski definition) is 1. The maximum absolute atomic E-state index is 10.3. The maximum atomic E-state index is 10.3. The fourth-order valence-electron chi connectivity index (χ4n) is 1.21. The van der Waals surface area contributed by atoms with E-state index in [9.17, 15) is 4.79 Å². The molecule has 1 fully saturated rings. The number of carbonyl (C=O) groups excluding carboxylic acids is 1. The van der Waals surface area contributed by atoms with Gasteiger partial charge in [0.2, 0.25) is 6.41 Å². The largest absolute Gasteiger partial charge is 0.483 e. The topological polar surface area (TPSA) is 47.6 Å². The summed E-state index contributed by atoms with van der Waals surface area (Å²) in [4.78, 5) is 10.3. The third-order valence-electron chi connectivity index (χ3n) is 2.00. The molecule has 0 radical (unpaired) electrons. The van der Waals surface area contributed by atoms with Gasteiger partial charge < -0.3 is 14.8 Å². The second-order valence-corrected chi connectivity index (χ2v) is 3.04. The summed E-state index contributed by atoms with van der Waals surface area (Å²) >= 11 is 0. The number of nitrogens with one attached hydrogen (secondary N) is 1. The van der Waals surface area contributed by atoms with E-state index in [1.54, 1.807) is 6.07 Å². The van der Waals surface area contributed by atoms with Crippen molar-refractivity contribution in [3.8, 4) is 5.75 Å². The Morgan fingerprint density at radius 1 is 1.43 bits per heavy atom. The van der Waals surface area contributed by atoms with Crippen molar-refractivity contribution >= 4 is 12.1 Å². The van der Waals surface area contributed by atoms with Gasteiger partial charge in [-0.1, -0.05) is 12.1 Å². The van der Waals surface area contributed by atoms with Crippen molar-refractivity contribution in [3.63, 3.8) is 0 Å². The molecule has 0 spiro atoms. The van der Waals surface area contributed by atoms with E-state index in [0.717, 1.165) is 0 Å². The second-order valence-electron chi connectivity index (χ2n) is 3.04. The molecule has 14 heavy (non-hydrogen) atoms. The fourth-order valence-corrected chi connectivity index (χ4v) is 1.21. The van der Waals surface area contributed by atoms with Crippen molar-refractivity contribution in [1.82, 2.24) is 0 Å². The summed E-state index contributed by atoms with van der Waals surface area (Å²) in [5, 5.41) is 2.58. The highest BCUT2D eigenvalue weighted by Crippen LogP contribution is 2.25. The lowest BCUT2D eigenvalue weighted by Crippen LogP contribution is -2.38. The molecular weight excluding hydrogens is 182 g/mol. The number of carbonyl (C=O) groups is 1. The van der Waals surface area contributed by atoms with Gasteiger partial charge in [-0.15, -0.1) is 0 Å². The van der Waals surface area contributed by atoms with E-state index in [2.05, 4.69) is 5.32 Å². The first-order valence-corrected chi connectivity index (χ1v) is 4.44. The average Bonchev–Trinajstić information content (AvgIpc) is 2.14. The Morgan fingerprint density at radius 3 is 2.86 bits per heavy atom. The normalized spacial score (nSPS) is 15.7. The van der Waals surface area contributed by atoms with Crippen LogP contribution in [0.4, 0.5) is 5.69 Å². The highest BCUT2D eigenvalue weighted by atomic mass is 16.6. The summed E-state index contributed by atoms with van der Waals surface area (Å²) in [6.07, 6.45) is 0.754. The van der Waals surface area contributed by atoms with Gasteiger partial charge in [0.1, 0.15) is 11.9 Å². The van der Waals surface area contributed by atoms with Crippen LogP contribution in [-0.2, 0) is 9.53 Å². The van der Waals surface area contributed by atoms with Crippen molar-refractivity contribution in [2.45, 2.75) is 6.10 Å². The smallest absolute Gasteiger partial charge is 0.211 e. The van der Waals surface area contributed by atoms with Crippen molar-refractivity contribution in [1.29, 1.82) is 0 Å². The second kappa shape index (κ2) is 4.11. The summed E-state index contributed by atoms with van der Waals surface area (Å²) in [6, 6.07) is 7.33. The van der Waals surface area contributed by atoms with Crippen LogP contribution in [0.5, 0.6) is 5.75 Å². The summed E-state index contributed by atoms with van der Waals surface area (Å²) in [5.74, 6) is 0.688. The minimum atomic E-state index is 0.115. The third-order valence-corrected chi connectivity index (χ3v) is 2.00. The predicted octanol–water partition coefficient (Wildman–Crippen LogP) is 1.03. The van der Waals surface area contributed by atoms with Gasteiger partial charge in [-0.3, -0.25) is 4.79 Å². The van der Waals surface area contributed by atoms with E-state index in [4.69, 9.17) is 9.47 Å². The molecule has 1 N–H and O–H groups in total. The molecule has 0 unspecified atom stereocenters. The van der Waals surface area contributed by atoms with E-state index >= 15 is 0 Å². The van der Waals surface area contributed by atoms with Crippen molar-refractivity contribution in [2.24, 2.45) is 0 Å². The van der Waals surface area contributed by atoms with Crippen molar-refractivity contribution < 1.29 is 14.3 Å². The van der Waals surface area contributed by atoms with Gasteiger partial charge in [-0.05, 0) is 12.1 Å². The van der Waals surface area contributed by atoms with Crippen LogP contribution in [-0.4, -0.2) is 25.7 Å². The van der Waals surface area contributed by atoms with Gasteiger partial charge in [0, 0.05) is 0 Å². The molecule has 0 aliphatic carbocycles. The number of rotatable bonds is 4. The Labute approximate surface area is 81.8 Å². The van der Waals surface area contributed by atoms with E-state index in [-0.39, 0.29) is 6.10 Å². The molecule has 0 bridgehead atoms. The number of amides is 1. The van der Waals surface area contributed by atoms with E-state index in [1.807, 2.05) is 18.2 Å². The molecule has 0 saturated carbocycles. The predicted molar refractivity (Wildman–Crippen MR) is 51.4 cm³/mol. The lowest BCUT2D eigenvalue weighted by Gasteiger charge is -2.27. The lowest BCUT2D eigenvalue weighted by atomic mass is 10.2. The first-order valence-electron chi connectivity index (χ1n) is 4.44. The molecule has 1 aliphatic heterocycles. The van der Waals surface area contributed by atoms with Crippen LogP contribution in [0.2, 0.25) is 0 Å². The fraction of sp³-hybridized carbons (Fsp3) is 0.300. The molecule has 1 aromatic rings. The van der Waals surface area contributed by atoms with Crippen LogP contribution in [0.15, 0.2) is 24.3 Å². The van der Waals surface area contributed by atoms with Crippen LogP contribution in [0.25, 0.3) is 0 Å². The minimum Gasteiger partial charge on any atom is -0.483 e. The van der Waals surface area contributed by atoms with Gasteiger partial charge >= 0.3 is 0 Å². The third kappa shape index (κ3) is 1.85. The summed E-state index contributed by atoms with van der Waals surface area (Å²) in [7, 11) is 0. The Morgan fingerprint density at radius 2 is 2.21 bits per heavy atom. The quantitative estimate of drug-likeness (QED) is 0.726. The molecule has 74 valence electrons. The molecule has 4 nitrogen and oxygen atoms in total. The van der Waals surface area contributed by atoms with Gasteiger partial charge in [0.25, 0.3) is 0 Å². The first kappa shape index (κ1) is 9.02. The molecule has 0 atom stereocenters. The minimum absolute atomic E-state index is 0.115. The SMILES string of the molecule is O=CNc1ccccc1OC1COC1. The molecule has 1 aromatic carbocycles. The Kier molecular flexibility index (Phi) is 2.65. The molecule has 1 amide bonds. The highest BCUT2D eigenvalue weighted by molar-refractivity contribution is 5.75. The monoisotopic (exact) mass is 193 g/mol. The number of hydrogen-bond acceptors (Lipinski definition) is 3. The molecule has 4 heteroatoms. The Hall–Kier alpha value is -1.55. The lowest BCUT2D eigenvalue weighted by molar-refractivity contribution is -0.105.